The number of rotatable bonds is 1. The molecule has 2 rings (SSSR count). The Kier molecular flexibility index (Phi) is 2.89. The Morgan fingerprint density at radius 3 is 2.53 bits per heavy atom. The second-order valence-corrected chi connectivity index (χ2v) is 3.74. The van der Waals surface area contributed by atoms with Gasteiger partial charge in [-0.2, -0.15) is 0 Å². The Morgan fingerprint density at radius 2 is 1.87 bits per heavy atom. The number of pyridine rings is 1. The van der Waals surface area contributed by atoms with Gasteiger partial charge in [0.25, 0.3) is 0 Å². The summed E-state index contributed by atoms with van der Waals surface area (Å²) in [7, 11) is 0. The summed E-state index contributed by atoms with van der Waals surface area (Å²) >= 11 is 11.5. The Morgan fingerprint density at radius 1 is 1.13 bits per heavy atom. The maximum absolute atomic E-state index is 13.4. The lowest BCUT2D eigenvalue weighted by Crippen LogP contribution is -1.85. The monoisotopic (exact) mass is 241 g/mol. The predicted octanol–water partition coefficient (Wildman–Crippen LogP) is 4.19. The molecule has 15 heavy (non-hydrogen) atoms. The zero-order valence-electron chi connectivity index (χ0n) is 7.55. The van der Waals surface area contributed by atoms with E-state index in [4.69, 9.17) is 23.2 Å². The Labute approximate surface area is 96.5 Å². The number of aromatic nitrogens is 1. The van der Waals surface area contributed by atoms with E-state index in [9.17, 15) is 4.39 Å². The van der Waals surface area contributed by atoms with Crippen LogP contribution in [0.4, 0.5) is 4.39 Å². The topological polar surface area (TPSA) is 12.9 Å². The van der Waals surface area contributed by atoms with Crippen molar-refractivity contribution in [1.29, 1.82) is 0 Å². The van der Waals surface area contributed by atoms with Crippen LogP contribution in [0, 0.1) is 5.82 Å². The van der Waals surface area contributed by atoms with E-state index in [1.807, 2.05) is 0 Å². The van der Waals surface area contributed by atoms with Gasteiger partial charge in [0.15, 0.2) is 0 Å². The molecule has 0 radical (unpaired) electrons. The second-order valence-electron chi connectivity index (χ2n) is 2.98. The average molecular weight is 242 g/mol. The summed E-state index contributed by atoms with van der Waals surface area (Å²) < 4.78 is 13.4. The molecule has 0 fully saturated rings. The van der Waals surface area contributed by atoms with Crippen LogP contribution in [0.5, 0.6) is 0 Å². The maximum Gasteiger partial charge on any atom is 0.147 e. The molecule has 0 spiro atoms. The minimum absolute atomic E-state index is 0.219. The van der Waals surface area contributed by atoms with Gasteiger partial charge in [0.1, 0.15) is 11.0 Å². The van der Waals surface area contributed by atoms with E-state index < -0.39 is 0 Å². The van der Waals surface area contributed by atoms with Crippen molar-refractivity contribution < 1.29 is 4.39 Å². The van der Waals surface area contributed by atoms with Crippen molar-refractivity contribution in [1.82, 2.24) is 4.98 Å². The molecule has 0 aliphatic heterocycles. The van der Waals surface area contributed by atoms with E-state index in [1.54, 1.807) is 24.3 Å². The molecule has 76 valence electrons. The molecule has 4 heteroatoms. The van der Waals surface area contributed by atoms with Gasteiger partial charge in [-0.25, -0.2) is 9.37 Å². The summed E-state index contributed by atoms with van der Waals surface area (Å²) in [5, 5.41) is 0.536. The van der Waals surface area contributed by atoms with Crippen LogP contribution in [0.25, 0.3) is 11.1 Å². The van der Waals surface area contributed by atoms with E-state index in [0.29, 0.717) is 16.1 Å². The first-order chi connectivity index (χ1) is 7.18. The van der Waals surface area contributed by atoms with Crippen molar-refractivity contribution in [3.8, 4) is 11.1 Å². The lowest BCUT2D eigenvalue weighted by Gasteiger charge is -2.03. The van der Waals surface area contributed by atoms with Gasteiger partial charge < -0.3 is 0 Å². The fraction of sp³-hybridized carbons (Fsp3) is 0. The van der Waals surface area contributed by atoms with Gasteiger partial charge in [-0.05, 0) is 12.1 Å². The predicted molar refractivity (Wildman–Crippen MR) is 59.7 cm³/mol. The molecule has 0 aliphatic carbocycles. The average Bonchev–Trinajstić information content (AvgIpc) is 2.23. The van der Waals surface area contributed by atoms with E-state index >= 15 is 0 Å². The number of halogens is 3. The van der Waals surface area contributed by atoms with Crippen LogP contribution in [-0.4, -0.2) is 4.98 Å². The minimum atomic E-state index is -0.308. The highest BCUT2D eigenvalue weighted by atomic mass is 35.5. The molecular formula is C11H6Cl2FN. The highest BCUT2D eigenvalue weighted by molar-refractivity contribution is 6.41. The highest BCUT2D eigenvalue weighted by Gasteiger charge is 2.06. The third-order valence-corrected chi connectivity index (χ3v) is 2.67. The van der Waals surface area contributed by atoms with Crippen molar-refractivity contribution in [2.24, 2.45) is 0 Å². The van der Waals surface area contributed by atoms with Gasteiger partial charge in [-0.1, -0.05) is 41.4 Å². The zero-order chi connectivity index (χ0) is 10.8. The van der Waals surface area contributed by atoms with Crippen LogP contribution in [0.1, 0.15) is 0 Å². The Balaban J connectivity index is 2.55. The molecule has 0 saturated heterocycles. The normalized spacial score (nSPS) is 10.3. The molecule has 0 saturated carbocycles. The van der Waals surface area contributed by atoms with Crippen LogP contribution in [0.2, 0.25) is 10.2 Å². The van der Waals surface area contributed by atoms with Crippen molar-refractivity contribution >= 4 is 23.2 Å². The molecule has 0 aliphatic rings. The summed E-state index contributed by atoms with van der Waals surface area (Å²) in [6.45, 7) is 0. The molecule has 1 aromatic heterocycles. The van der Waals surface area contributed by atoms with Crippen LogP contribution < -0.4 is 0 Å². The summed E-state index contributed by atoms with van der Waals surface area (Å²) in [5.74, 6) is -0.308. The fourth-order valence-electron chi connectivity index (χ4n) is 1.26. The van der Waals surface area contributed by atoms with Crippen LogP contribution in [0.3, 0.4) is 0 Å². The van der Waals surface area contributed by atoms with Crippen LogP contribution in [0.15, 0.2) is 36.5 Å². The second kappa shape index (κ2) is 4.17. The zero-order valence-corrected chi connectivity index (χ0v) is 9.06. The minimum Gasteiger partial charge on any atom is -0.242 e. The molecule has 0 unspecified atom stereocenters. The molecule has 1 nitrogen and oxygen atoms in total. The number of benzene rings is 1. The van der Waals surface area contributed by atoms with Crippen LogP contribution >= 0.6 is 23.2 Å². The van der Waals surface area contributed by atoms with E-state index in [2.05, 4.69) is 4.98 Å². The number of hydrogen-bond acceptors (Lipinski definition) is 1. The first kappa shape index (κ1) is 10.4. The fourth-order valence-corrected chi connectivity index (χ4v) is 1.53. The molecule has 1 heterocycles. The molecule has 0 atom stereocenters. The molecule has 0 N–H and O–H groups in total. The number of hydrogen-bond donors (Lipinski definition) is 0. The van der Waals surface area contributed by atoms with Gasteiger partial charge >= 0.3 is 0 Å². The van der Waals surface area contributed by atoms with Gasteiger partial charge in [-0.3, -0.25) is 0 Å². The lowest BCUT2D eigenvalue weighted by atomic mass is 10.1. The van der Waals surface area contributed by atoms with E-state index in [1.165, 1.54) is 12.3 Å². The van der Waals surface area contributed by atoms with Crippen molar-refractivity contribution in [2.75, 3.05) is 0 Å². The smallest absolute Gasteiger partial charge is 0.147 e. The molecular weight excluding hydrogens is 236 g/mol. The van der Waals surface area contributed by atoms with Gasteiger partial charge in [0, 0.05) is 17.3 Å². The first-order valence-electron chi connectivity index (χ1n) is 4.24. The van der Waals surface area contributed by atoms with Crippen molar-refractivity contribution in [2.45, 2.75) is 0 Å². The third kappa shape index (κ3) is 2.11. The number of nitrogens with zero attached hydrogens (tertiary/aromatic N) is 1. The van der Waals surface area contributed by atoms with Gasteiger partial charge in [-0.15, -0.1) is 0 Å². The summed E-state index contributed by atoms with van der Waals surface area (Å²) in [5.41, 5.74) is 1.08. The first-order valence-corrected chi connectivity index (χ1v) is 5.00. The standard InChI is InChI=1S/C11H6Cl2FN/c12-9-5-7(6-15-11(9)13)8-3-1-2-4-10(8)14/h1-6H. The highest BCUT2D eigenvalue weighted by Crippen LogP contribution is 2.27. The summed E-state index contributed by atoms with van der Waals surface area (Å²) in [4.78, 5) is 3.86. The quantitative estimate of drug-likeness (QED) is 0.683. The van der Waals surface area contributed by atoms with Gasteiger partial charge in [0.2, 0.25) is 0 Å². The largest absolute Gasteiger partial charge is 0.242 e. The van der Waals surface area contributed by atoms with E-state index in [-0.39, 0.29) is 11.0 Å². The maximum atomic E-state index is 13.4. The van der Waals surface area contributed by atoms with E-state index in [0.717, 1.165) is 0 Å². The lowest BCUT2D eigenvalue weighted by molar-refractivity contribution is 0.631. The molecule has 2 aromatic rings. The SMILES string of the molecule is Fc1ccccc1-c1cnc(Cl)c(Cl)c1. The molecule has 0 bridgehead atoms. The molecule has 0 amide bonds. The summed E-state index contributed by atoms with van der Waals surface area (Å²) in [6, 6.07) is 8.02. The Bertz CT molecular complexity index is 500. The summed E-state index contributed by atoms with van der Waals surface area (Å²) in [6.07, 6.45) is 1.49. The third-order valence-electron chi connectivity index (χ3n) is 1.98. The van der Waals surface area contributed by atoms with Gasteiger partial charge in [0.05, 0.1) is 5.02 Å². The van der Waals surface area contributed by atoms with Crippen LogP contribution in [-0.2, 0) is 0 Å². The van der Waals surface area contributed by atoms with Crippen molar-refractivity contribution in [3.63, 3.8) is 0 Å². The molecule has 1 aromatic carbocycles. The van der Waals surface area contributed by atoms with Crippen molar-refractivity contribution in [3.05, 3.63) is 52.5 Å². The Hall–Kier alpha value is -1.12.